The molecule has 5 heteroatoms. The molecule has 0 aliphatic carbocycles. The van der Waals surface area contributed by atoms with Crippen molar-refractivity contribution >= 4 is 16.3 Å². The Balaban J connectivity index is 2.73. The standard InChI is InChI=1S/C6H7NO3S/c1-2-10-6-4-3-5(11-6)7(8)9/h3-4H,2H2,1H3. The number of nitrogens with zero attached hydrogens (tertiary/aromatic N) is 1. The first-order valence-electron chi connectivity index (χ1n) is 3.11. The lowest BCUT2D eigenvalue weighted by Crippen LogP contribution is -1.86. The van der Waals surface area contributed by atoms with E-state index in [-0.39, 0.29) is 5.00 Å². The summed E-state index contributed by atoms with van der Waals surface area (Å²) in [4.78, 5) is 9.76. The third-order valence-corrected chi connectivity index (χ3v) is 1.98. The van der Waals surface area contributed by atoms with Crippen LogP contribution in [-0.4, -0.2) is 11.5 Å². The zero-order chi connectivity index (χ0) is 8.27. The molecule has 0 bridgehead atoms. The van der Waals surface area contributed by atoms with Crippen LogP contribution in [0.1, 0.15) is 6.92 Å². The summed E-state index contributed by atoms with van der Waals surface area (Å²) in [7, 11) is 0. The van der Waals surface area contributed by atoms with Crippen LogP contribution in [-0.2, 0) is 0 Å². The van der Waals surface area contributed by atoms with Crippen molar-refractivity contribution in [3.8, 4) is 5.06 Å². The van der Waals surface area contributed by atoms with Gasteiger partial charge in [0.25, 0.3) is 0 Å². The monoisotopic (exact) mass is 173 g/mol. The maximum Gasteiger partial charge on any atom is 0.327 e. The van der Waals surface area contributed by atoms with E-state index in [2.05, 4.69) is 0 Å². The van der Waals surface area contributed by atoms with Crippen molar-refractivity contribution in [2.45, 2.75) is 6.92 Å². The van der Waals surface area contributed by atoms with Crippen molar-refractivity contribution in [1.29, 1.82) is 0 Å². The van der Waals surface area contributed by atoms with Crippen LogP contribution in [0, 0.1) is 10.1 Å². The molecule has 0 radical (unpaired) electrons. The molecule has 60 valence electrons. The van der Waals surface area contributed by atoms with E-state index in [0.717, 1.165) is 11.3 Å². The lowest BCUT2D eigenvalue weighted by Gasteiger charge is -1.93. The van der Waals surface area contributed by atoms with E-state index in [1.165, 1.54) is 6.07 Å². The third-order valence-electron chi connectivity index (χ3n) is 1.03. The van der Waals surface area contributed by atoms with Gasteiger partial charge in [0.05, 0.1) is 11.5 Å². The summed E-state index contributed by atoms with van der Waals surface area (Å²) in [6, 6.07) is 3.04. The molecule has 0 saturated carbocycles. The molecule has 0 aromatic carbocycles. The molecule has 0 saturated heterocycles. The van der Waals surface area contributed by atoms with Gasteiger partial charge >= 0.3 is 5.00 Å². The molecular weight excluding hydrogens is 166 g/mol. The zero-order valence-electron chi connectivity index (χ0n) is 5.94. The Morgan fingerprint density at radius 1 is 1.73 bits per heavy atom. The average Bonchev–Trinajstić information content (AvgIpc) is 2.37. The van der Waals surface area contributed by atoms with Crippen molar-refractivity contribution in [1.82, 2.24) is 0 Å². The fourth-order valence-electron chi connectivity index (χ4n) is 0.628. The molecule has 0 atom stereocenters. The van der Waals surface area contributed by atoms with Gasteiger partial charge in [-0.15, -0.1) is 0 Å². The molecule has 1 aromatic rings. The van der Waals surface area contributed by atoms with Crippen LogP contribution in [0.4, 0.5) is 5.00 Å². The van der Waals surface area contributed by atoms with Crippen LogP contribution in [0.15, 0.2) is 12.1 Å². The first-order chi connectivity index (χ1) is 5.24. The van der Waals surface area contributed by atoms with Gasteiger partial charge in [-0.05, 0) is 24.3 Å². The van der Waals surface area contributed by atoms with Gasteiger partial charge in [-0.3, -0.25) is 10.1 Å². The van der Waals surface area contributed by atoms with Crippen LogP contribution in [0.3, 0.4) is 0 Å². The number of nitro groups is 1. The minimum atomic E-state index is -0.423. The molecule has 1 heterocycles. The van der Waals surface area contributed by atoms with E-state index in [1.807, 2.05) is 6.92 Å². The number of hydrogen-bond acceptors (Lipinski definition) is 4. The molecule has 0 aliphatic rings. The molecule has 0 aliphatic heterocycles. The molecule has 0 spiro atoms. The van der Waals surface area contributed by atoms with Crippen LogP contribution >= 0.6 is 11.3 Å². The number of hydrogen-bond donors (Lipinski definition) is 0. The molecule has 1 aromatic heterocycles. The highest BCUT2D eigenvalue weighted by Gasteiger charge is 2.09. The molecule has 4 nitrogen and oxygen atoms in total. The first-order valence-corrected chi connectivity index (χ1v) is 3.92. The molecule has 11 heavy (non-hydrogen) atoms. The Labute approximate surface area is 67.6 Å². The van der Waals surface area contributed by atoms with Crippen LogP contribution < -0.4 is 4.74 Å². The third kappa shape index (κ3) is 1.91. The topological polar surface area (TPSA) is 52.4 Å². The van der Waals surface area contributed by atoms with Gasteiger partial charge in [0.2, 0.25) is 0 Å². The summed E-state index contributed by atoms with van der Waals surface area (Å²) in [5.41, 5.74) is 0. The molecule has 1 rings (SSSR count). The van der Waals surface area contributed by atoms with E-state index < -0.39 is 4.92 Å². The summed E-state index contributed by atoms with van der Waals surface area (Å²) in [5.74, 6) is 0. The number of rotatable bonds is 3. The lowest BCUT2D eigenvalue weighted by atomic mass is 10.6. The van der Waals surface area contributed by atoms with Gasteiger partial charge < -0.3 is 4.74 Å². The average molecular weight is 173 g/mol. The fourth-order valence-corrected chi connectivity index (χ4v) is 1.36. The minimum absolute atomic E-state index is 0.119. The first kappa shape index (κ1) is 8.00. The van der Waals surface area contributed by atoms with Crippen molar-refractivity contribution in [2.24, 2.45) is 0 Å². The van der Waals surface area contributed by atoms with E-state index in [0.29, 0.717) is 11.7 Å². The predicted molar refractivity (Wildman–Crippen MR) is 42.1 cm³/mol. The van der Waals surface area contributed by atoms with Crippen molar-refractivity contribution in [2.75, 3.05) is 6.61 Å². The summed E-state index contributed by atoms with van der Waals surface area (Å²) < 4.78 is 5.05. The van der Waals surface area contributed by atoms with Crippen LogP contribution in [0.5, 0.6) is 5.06 Å². The molecule has 0 amide bonds. The van der Waals surface area contributed by atoms with E-state index in [1.54, 1.807) is 6.07 Å². The summed E-state index contributed by atoms with van der Waals surface area (Å²) in [6.07, 6.45) is 0. The van der Waals surface area contributed by atoms with Crippen LogP contribution in [0.2, 0.25) is 0 Å². The van der Waals surface area contributed by atoms with E-state index in [4.69, 9.17) is 4.74 Å². The zero-order valence-corrected chi connectivity index (χ0v) is 6.76. The summed E-state index contributed by atoms with van der Waals surface area (Å²) >= 11 is 1.04. The lowest BCUT2D eigenvalue weighted by molar-refractivity contribution is -0.380. The van der Waals surface area contributed by atoms with Gasteiger partial charge in [0.1, 0.15) is 0 Å². The van der Waals surface area contributed by atoms with Gasteiger partial charge in [-0.1, -0.05) is 0 Å². The van der Waals surface area contributed by atoms with Gasteiger partial charge in [0, 0.05) is 6.07 Å². The van der Waals surface area contributed by atoms with E-state index in [9.17, 15) is 10.1 Å². The molecule has 0 unspecified atom stereocenters. The van der Waals surface area contributed by atoms with Gasteiger partial charge in [0.15, 0.2) is 5.06 Å². The smallest absolute Gasteiger partial charge is 0.327 e. The molecular formula is C6H7NO3S. The Morgan fingerprint density at radius 3 is 2.91 bits per heavy atom. The largest absolute Gasteiger partial charge is 0.484 e. The van der Waals surface area contributed by atoms with Crippen LogP contribution in [0.25, 0.3) is 0 Å². The minimum Gasteiger partial charge on any atom is -0.484 e. The van der Waals surface area contributed by atoms with Crippen molar-refractivity contribution < 1.29 is 9.66 Å². The fraction of sp³-hybridized carbons (Fsp3) is 0.333. The van der Waals surface area contributed by atoms with Gasteiger partial charge in [-0.25, -0.2) is 0 Å². The highest BCUT2D eigenvalue weighted by atomic mass is 32.1. The second-order valence-electron chi connectivity index (χ2n) is 1.78. The normalized spacial score (nSPS) is 9.55. The van der Waals surface area contributed by atoms with Crippen molar-refractivity contribution in [3.05, 3.63) is 22.2 Å². The second-order valence-corrected chi connectivity index (χ2v) is 2.81. The Morgan fingerprint density at radius 2 is 2.45 bits per heavy atom. The highest BCUT2D eigenvalue weighted by molar-refractivity contribution is 7.17. The molecule has 0 N–H and O–H groups in total. The SMILES string of the molecule is CCOc1ccc([N+](=O)[O-])s1. The molecule has 0 fully saturated rings. The number of ether oxygens (including phenoxy) is 1. The van der Waals surface area contributed by atoms with Crippen molar-refractivity contribution in [3.63, 3.8) is 0 Å². The Hall–Kier alpha value is -1.10. The summed E-state index contributed by atoms with van der Waals surface area (Å²) in [6.45, 7) is 2.38. The Kier molecular flexibility index (Phi) is 2.43. The maximum atomic E-state index is 10.2. The summed E-state index contributed by atoms with van der Waals surface area (Å²) in [5, 5.41) is 10.9. The predicted octanol–water partition coefficient (Wildman–Crippen LogP) is 2.05. The van der Waals surface area contributed by atoms with Gasteiger partial charge in [-0.2, -0.15) is 0 Å². The second kappa shape index (κ2) is 3.34. The maximum absolute atomic E-state index is 10.2. The quantitative estimate of drug-likeness (QED) is 0.519. The number of thiophene rings is 1. The Bertz CT molecular complexity index is 258. The highest BCUT2D eigenvalue weighted by Crippen LogP contribution is 2.29. The van der Waals surface area contributed by atoms with E-state index >= 15 is 0 Å².